The fourth-order valence-electron chi connectivity index (χ4n) is 4.38. The Morgan fingerprint density at radius 2 is 1.75 bits per heavy atom. The summed E-state index contributed by atoms with van der Waals surface area (Å²) >= 11 is 0. The zero-order chi connectivity index (χ0) is 22.2. The van der Waals surface area contributed by atoms with E-state index in [1.54, 1.807) is 7.05 Å². The maximum Gasteiger partial charge on any atom is 0.287 e. The number of anilines is 1. The number of ether oxygens (including phenoxy) is 1. The molecule has 1 aromatic heterocycles. The smallest absolute Gasteiger partial charge is 0.287 e. The summed E-state index contributed by atoms with van der Waals surface area (Å²) in [6.07, 6.45) is 3.48. The van der Waals surface area contributed by atoms with Gasteiger partial charge in [0.2, 0.25) is 0 Å². The molecule has 7 heteroatoms. The van der Waals surface area contributed by atoms with Gasteiger partial charge in [0.25, 0.3) is 11.9 Å². The Morgan fingerprint density at radius 1 is 1.06 bits per heavy atom. The van der Waals surface area contributed by atoms with Gasteiger partial charge < -0.3 is 14.7 Å². The van der Waals surface area contributed by atoms with E-state index in [0.29, 0.717) is 18.1 Å². The molecule has 32 heavy (non-hydrogen) atoms. The average Bonchev–Trinajstić information content (AvgIpc) is 2.84. The first-order chi connectivity index (χ1) is 15.6. The number of rotatable bonds is 4. The first-order valence-corrected chi connectivity index (χ1v) is 10.3. The summed E-state index contributed by atoms with van der Waals surface area (Å²) in [5.74, 6) is -0.238. The maximum absolute atomic E-state index is 13.4. The number of benzene rings is 2. The van der Waals surface area contributed by atoms with E-state index < -0.39 is 12.0 Å². The molecule has 0 radical (unpaired) electrons. The second-order valence-electron chi connectivity index (χ2n) is 7.69. The van der Waals surface area contributed by atoms with Crippen LogP contribution in [-0.4, -0.2) is 40.0 Å². The van der Waals surface area contributed by atoms with E-state index in [1.165, 1.54) is 18.3 Å². The molecule has 160 valence electrons. The molecule has 2 aliphatic heterocycles. The van der Waals surface area contributed by atoms with E-state index in [4.69, 9.17) is 4.74 Å². The fraction of sp³-hybridized carbons (Fsp3) is 0.160. The Kier molecular flexibility index (Phi) is 4.86. The van der Waals surface area contributed by atoms with Crippen LogP contribution in [0.5, 0.6) is 0 Å². The van der Waals surface area contributed by atoms with Gasteiger partial charge in [-0.25, -0.2) is 9.97 Å². The van der Waals surface area contributed by atoms with Gasteiger partial charge in [-0.3, -0.25) is 9.69 Å². The van der Waals surface area contributed by atoms with Gasteiger partial charge in [-0.1, -0.05) is 60.7 Å². The molecule has 0 saturated carbocycles. The predicted molar refractivity (Wildman–Crippen MR) is 121 cm³/mol. The van der Waals surface area contributed by atoms with E-state index >= 15 is 0 Å². The van der Waals surface area contributed by atoms with Crippen LogP contribution in [0.3, 0.4) is 0 Å². The van der Waals surface area contributed by atoms with E-state index in [1.807, 2.05) is 66.7 Å². The number of aliphatic hydroxyl groups is 1. The monoisotopic (exact) mass is 426 g/mol. The topological polar surface area (TPSA) is 78.8 Å². The highest BCUT2D eigenvalue weighted by molar-refractivity contribution is 6.10. The van der Waals surface area contributed by atoms with Gasteiger partial charge in [-0.2, -0.15) is 0 Å². The summed E-state index contributed by atoms with van der Waals surface area (Å²) in [4.78, 5) is 25.8. The first-order valence-electron chi connectivity index (χ1n) is 10.3. The van der Waals surface area contributed by atoms with Gasteiger partial charge in [0.1, 0.15) is 17.7 Å². The second kappa shape index (κ2) is 7.85. The van der Waals surface area contributed by atoms with E-state index in [9.17, 15) is 9.90 Å². The molecule has 2 aromatic carbocycles. The Hall–Kier alpha value is -4.13. The molecule has 1 amide bonds. The maximum atomic E-state index is 13.4. The van der Waals surface area contributed by atoms with Crippen molar-refractivity contribution in [3.05, 3.63) is 101 Å². The van der Waals surface area contributed by atoms with Crippen molar-refractivity contribution >= 4 is 23.5 Å². The molecule has 2 aliphatic rings. The van der Waals surface area contributed by atoms with Gasteiger partial charge in [-0.15, -0.1) is 0 Å². The highest BCUT2D eigenvalue weighted by Gasteiger charge is 2.46. The number of methoxy groups -OCH3 is 1. The lowest BCUT2D eigenvalue weighted by Crippen LogP contribution is -2.44. The SMILES string of the molecule is CO/C(O)=C1\C(=O)N(C)c2ncnc3c2C1N(Cc1ccccc1)C(c1ccccc1)=C3. The van der Waals surface area contributed by atoms with Crippen LogP contribution in [0, 0.1) is 0 Å². The normalized spacial score (nSPS) is 18.8. The molecule has 0 aliphatic carbocycles. The molecule has 3 aromatic rings. The number of aliphatic hydroxyl groups excluding tert-OH is 1. The number of likely N-dealkylation sites (N-methyl/N-ethyl adjacent to an activating group) is 1. The van der Waals surface area contributed by atoms with Crippen LogP contribution in [-0.2, 0) is 16.1 Å². The summed E-state index contributed by atoms with van der Waals surface area (Å²) in [5, 5.41) is 10.7. The van der Waals surface area contributed by atoms with E-state index in [2.05, 4.69) is 14.9 Å². The van der Waals surface area contributed by atoms with Gasteiger partial charge in [0.15, 0.2) is 0 Å². The molecule has 1 atom stereocenters. The Balaban J connectivity index is 1.79. The molecule has 1 N–H and O–H groups in total. The summed E-state index contributed by atoms with van der Waals surface area (Å²) < 4.78 is 5.16. The molecule has 0 spiro atoms. The second-order valence-corrected chi connectivity index (χ2v) is 7.69. The summed E-state index contributed by atoms with van der Waals surface area (Å²) in [5.41, 5.74) is 4.59. The lowest BCUT2D eigenvalue weighted by atomic mass is 9.86. The quantitative estimate of drug-likeness (QED) is 0.503. The number of carbonyl (C=O) groups is 1. The third kappa shape index (κ3) is 3.10. The summed E-state index contributed by atoms with van der Waals surface area (Å²) in [6.45, 7) is 0.511. The lowest BCUT2D eigenvalue weighted by molar-refractivity contribution is -0.116. The third-order valence-corrected chi connectivity index (χ3v) is 5.88. The van der Waals surface area contributed by atoms with Crippen LogP contribution < -0.4 is 4.90 Å². The summed E-state index contributed by atoms with van der Waals surface area (Å²) in [6, 6.07) is 19.4. The van der Waals surface area contributed by atoms with Crippen LogP contribution in [0.1, 0.15) is 28.4 Å². The Morgan fingerprint density at radius 3 is 2.44 bits per heavy atom. The van der Waals surface area contributed by atoms with Gasteiger partial charge in [0.05, 0.1) is 18.8 Å². The van der Waals surface area contributed by atoms with Crippen molar-refractivity contribution < 1.29 is 14.6 Å². The van der Waals surface area contributed by atoms with Crippen molar-refractivity contribution in [2.45, 2.75) is 12.6 Å². The Labute approximate surface area is 185 Å². The van der Waals surface area contributed by atoms with Crippen LogP contribution in [0.25, 0.3) is 11.8 Å². The fourth-order valence-corrected chi connectivity index (χ4v) is 4.38. The molecule has 0 saturated heterocycles. The third-order valence-electron chi connectivity index (χ3n) is 5.88. The van der Waals surface area contributed by atoms with E-state index in [0.717, 1.165) is 22.4 Å². The molecule has 0 bridgehead atoms. The number of hydrogen-bond donors (Lipinski definition) is 1. The largest absolute Gasteiger partial charge is 0.481 e. The van der Waals surface area contributed by atoms with Gasteiger partial charge in [0, 0.05) is 24.9 Å². The van der Waals surface area contributed by atoms with Gasteiger partial charge in [-0.05, 0) is 17.2 Å². The molecular weight excluding hydrogens is 404 g/mol. The lowest BCUT2D eigenvalue weighted by Gasteiger charge is -2.44. The van der Waals surface area contributed by atoms with Crippen molar-refractivity contribution in [3.63, 3.8) is 0 Å². The van der Waals surface area contributed by atoms with Gasteiger partial charge >= 0.3 is 0 Å². The van der Waals surface area contributed by atoms with Crippen LogP contribution in [0.2, 0.25) is 0 Å². The average molecular weight is 426 g/mol. The molecule has 7 nitrogen and oxygen atoms in total. The summed E-state index contributed by atoms with van der Waals surface area (Å²) in [7, 11) is 2.99. The van der Waals surface area contributed by atoms with Crippen molar-refractivity contribution in [2.75, 3.05) is 19.1 Å². The zero-order valence-electron chi connectivity index (χ0n) is 17.8. The van der Waals surface area contributed by atoms with Crippen molar-refractivity contribution in [2.24, 2.45) is 0 Å². The van der Waals surface area contributed by atoms with Crippen LogP contribution >= 0.6 is 0 Å². The molecule has 0 fully saturated rings. The van der Waals surface area contributed by atoms with E-state index in [-0.39, 0.29) is 11.5 Å². The first kappa shape index (κ1) is 19.8. The molecule has 1 unspecified atom stereocenters. The van der Waals surface area contributed by atoms with Crippen molar-refractivity contribution in [3.8, 4) is 0 Å². The number of hydrogen-bond acceptors (Lipinski definition) is 6. The minimum atomic E-state index is -0.606. The number of amides is 1. The number of nitrogens with zero attached hydrogens (tertiary/aromatic N) is 4. The highest BCUT2D eigenvalue weighted by atomic mass is 16.6. The Bertz CT molecular complexity index is 1240. The molecule has 5 rings (SSSR count). The van der Waals surface area contributed by atoms with Crippen molar-refractivity contribution in [1.82, 2.24) is 14.9 Å². The number of aromatic nitrogens is 2. The number of carbonyl (C=O) groups excluding carboxylic acids is 1. The van der Waals surface area contributed by atoms with Crippen LogP contribution in [0.15, 0.2) is 78.5 Å². The standard InChI is InChI=1S/C25H22N4O3/c1-28-23-20-18(26-15-27-23)13-19(17-11-7-4-8-12-17)29(14-16-9-5-3-6-10-16)22(20)21(24(28)30)25(31)32-2/h3-13,15,22,31H,14H2,1-2H3/b25-21-. The van der Waals surface area contributed by atoms with Crippen molar-refractivity contribution in [1.29, 1.82) is 0 Å². The van der Waals surface area contributed by atoms with Crippen LogP contribution in [0.4, 0.5) is 5.82 Å². The minimum Gasteiger partial charge on any atom is -0.481 e. The zero-order valence-corrected chi connectivity index (χ0v) is 17.8. The molecule has 3 heterocycles. The predicted octanol–water partition coefficient (Wildman–Crippen LogP) is 3.92. The minimum absolute atomic E-state index is 0.163. The highest BCUT2D eigenvalue weighted by Crippen LogP contribution is 2.49. The molecular formula is C25H22N4O3.